The monoisotopic (exact) mass is 830 g/mol. The van der Waals surface area contributed by atoms with Crippen LogP contribution < -0.4 is 16.0 Å². The normalized spacial score (nSPS) is 23.4. The topological polar surface area (TPSA) is 216 Å². The molecular formula is C42H54N8O10. The summed E-state index contributed by atoms with van der Waals surface area (Å²) in [5.41, 5.74) is 0.968. The molecule has 0 aliphatic carbocycles. The van der Waals surface area contributed by atoms with Crippen molar-refractivity contribution in [2.45, 2.75) is 76.2 Å². The van der Waals surface area contributed by atoms with E-state index in [0.29, 0.717) is 17.7 Å². The molecule has 0 unspecified atom stereocenters. The summed E-state index contributed by atoms with van der Waals surface area (Å²) in [5, 5.41) is 8.08. The fourth-order valence-electron chi connectivity index (χ4n) is 7.55. The molecule has 2 aromatic carbocycles. The van der Waals surface area contributed by atoms with Crippen LogP contribution >= 0.6 is 0 Å². The number of benzene rings is 2. The third-order valence-electron chi connectivity index (χ3n) is 10.6. The number of nitrogens with one attached hydrogen (secondary N) is 3. The third kappa shape index (κ3) is 11.7. The van der Waals surface area contributed by atoms with Crippen LogP contribution in [0.15, 0.2) is 65.7 Å². The van der Waals surface area contributed by atoms with Gasteiger partial charge in [0.1, 0.15) is 42.5 Å². The summed E-state index contributed by atoms with van der Waals surface area (Å²) in [6, 6.07) is 10.6. The number of ether oxygens (including phenoxy) is 2. The molecule has 322 valence electrons. The Kier molecular flexibility index (Phi) is 15.5. The lowest BCUT2D eigenvalue weighted by atomic mass is 10.0. The van der Waals surface area contributed by atoms with Crippen LogP contribution in [-0.2, 0) is 49.5 Å². The van der Waals surface area contributed by atoms with Gasteiger partial charge in [0.15, 0.2) is 0 Å². The number of likely N-dealkylation sites (N-methyl/N-ethyl adjacent to an activating group) is 2. The number of hydrogen-bond donors (Lipinski definition) is 3. The predicted molar refractivity (Wildman–Crippen MR) is 218 cm³/mol. The molecule has 0 saturated carbocycles. The van der Waals surface area contributed by atoms with Crippen molar-refractivity contribution in [1.29, 1.82) is 0 Å². The lowest BCUT2D eigenvalue weighted by molar-refractivity contribution is -0.156. The number of rotatable bonds is 11. The van der Waals surface area contributed by atoms with E-state index >= 15 is 0 Å². The van der Waals surface area contributed by atoms with E-state index in [1.54, 1.807) is 79.7 Å². The number of esters is 2. The second-order valence-electron chi connectivity index (χ2n) is 15.6. The first kappa shape index (κ1) is 44.9. The van der Waals surface area contributed by atoms with E-state index in [9.17, 15) is 38.4 Å². The van der Waals surface area contributed by atoms with Gasteiger partial charge in [0.2, 0.25) is 17.7 Å². The summed E-state index contributed by atoms with van der Waals surface area (Å²) in [5.74, 6) is -5.20. The van der Waals surface area contributed by atoms with E-state index in [-0.39, 0.29) is 63.6 Å². The lowest BCUT2D eigenvalue weighted by Gasteiger charge is -2.34. The number of fused-ring (bicyclic) bond motifs is 2. The molecule has 5 rings (SSSR count). The summed E-state index contributed by atoms with van der Waals surface area (Å²) in [6.07, 6.45) is 0.705. The van der Waals surface area contributed by atoms with Gasteiger partial charge < -0.3 is 40.1 Å². The number of anilines is 1. The maximum atomic E-state index is 14.5. The first-order chi connectivity index (χ1) is 28.6. The van der Waals surface area contributed by atoms with Gasteiger partial charge in [-0.3, -0.25) is 33.7 Å². The van der Waals surface area contributed by atoms with E-state index in [1.165, 1.54) is 23.8 Å². The van der Waals surface area contributed by atoms with Crippen molar-refractivity contribution in [3.05, 3.63) is 66.2 Å². The number of carbonyl (C=O) groups is 8. The molecule has 3 aliphatic rings. The third-order valence-corrected chi connectivity index (χ3v) is 10.6. The summed E-state index contributed by atoms with van der Waals surface area (Å²) in [4.78, 5) is 119. The van der Waals surface area contributed by atoms with Crippen LogP contribution in [0, 0.1) is 5.92 Å². The Balaban J connectivity index is 1.46. The van der Waals surface area contributed by atoms with Gasteiger partial charge in [-0.05, 0) is 63.9 Å². The molecule has 7 amide bonds. The van der Waals surface area contributed by atoms with Gasteiger partial charge in [-0.15, -0.1) is 0 Å². The van der Waals surface area contributed by atoms with Crippen molar-refractivity contribution in [3.8, 4) is 0 Å². The van der Waals surface area contributed by atoms with Crippen molar-refractivity contribution in [3.63, 3.8) is 0 Å². The molecule has 60 heavy (non-hydrogen) atoms. The second kappa shape index (κ2) is 20.7. The number of hydrogen-bond acceptors (Lipinski definition) is 11. The maximum absolute atomic E-state index is 14.5. The molecule has 0 spiro atoms. The van der Waals surface area contributed by atoms with Crippen LogP contribution in [0.3, 0.4) is 0 Å². The molecule has 2 fully saturated rings. The van der Waals surface area contributed by atoms with Crippen molar-refractivity contribution >= 4 is 58.9 Å². The SMILES string of the molecule is CC1=NC(=O)[C@H](CCOC(=O)CN(C)C)N(C)C(=O)[C@@H]2CCCN2C(=O)[C@@H](NC(=O)[C@H](Cc2ccccc2)NC(=O)Nc2ccccc2)COC(=O)[C@@H]2C[C@@H](C)CN2C1=O. The summed E-state index contributed by atoms with van der Waals surface area (Å²) < 4.78 is 11.1. The van der Waals surface area contributed by atoms with Gasteiger partial charge in [0, 0.05) is 38.7 Å². The Morgan fingerprint density at radius 3 is 2.32 bits per heavy atom. The van der Waals surface area contributed by atoms with Crippen molar-refractivity contribution in [1.82, 2.24) is 30.2 Å². The Morgan fingerprint density at radius 2 is 1.63 bits per heavy atom. The fraction of sp³-hybridized carbons (Fsp3) is 0.500. The predicted octanol–water partition coefficient (Wildman–Crippen LogP) is 0.998. The molecule has 0 radical (unpaired) electrons. The average molecular weight is 831 g/mol. The highest BCUT2D eigenvalue weighted by atomic mass is 16.5. The van der Waals surface area contributed by atoms with Crippen LogP contribution in [0.2, 0.25) is 0 Å². The minimum Gasteiger partial charge on any atom is -0.465 e. The molecule has 3 heterocycles. The Bertz CT molecular complexity index is 1940. The summed E-state index contributed by atoms with van der Waals surface area (Å²) in [7, 11) is 4.76. The molecule has 18 nitrogen and oxygen atoms in total. The highest BCUT2D eigenvalue weighted by Gasteiger charge is 2.44. The number of amides is 7. The first-order valence-corrected chi connectivity index (χ1v) is 20.0. The van der Waals surface area contributed by atoms with Crippen LogP contribution in [-0.4, -0.2) is 157 Å². The number of carbonyl (C=O) groups excluding carboxylic acids is 8. The molecule has 0 aromatic heterocycles. The van der Waals surface area contributed by atoms with Gasteiger partial charge >= 0.3 is 18.0 Å². The largest absolute Gasteiger partial charge is 0.465 e. The van der Waals surface area contributed by atoms with E-state index in [2.05, 4.69) is 20.9 Å². The van der Waals surface area contributed by atoms with E-state index in [4.69, 9.17) is 9.47 Å². The quantitative estimate of drug-likeness (QED) is 0.272. The smallest absolute Gasteiger partial charge is 0.328 e. The Hall–Kier alpha value is -6.17. The second-order valence-corrected chi connectivity index (χ2v) is 15.6. The summed E-state index contributed by atoms with van der Waals surface area (Å²) in [6.45, 7) is 2.53. The van der Waals surface area contributed by atoms with Crippen LogP contribution in [0.1, 0.15) is 45.1 Å². The van der Waals surface area contributed by atoms with Crippen molar-refractivity contribution in [2.75, 3.05) is 59.3 Å². The number of para-hydroxylation sites is 1. The average Bonchev–Trinajstić information content (AvgIpc) is 3.87. The van der Waals surface area contributed by atoms with E-state index in [1.807, 2.05) is 6.92 Å². The number of nitrogens with zero attached hydrogens (tertiary/aromatic N) is 5. The standard InChI is InChI=1S/C42H54N8O10/c1-26-21-34-41(57)60-25-31(45-36(52)30(22-28-13-8-6-9-14-28)46-42(58)44-29-15-10-7-11-16-29)39(55)49-19-12-17-33(49)40(56)48(5)32(18-20-59-35(51)24-47(3)4)37(53)43-27(2)38(54)50(34)23-26/h6-11,13-16,26,30-34H,12,17-25H2,1-5H3,(H,45,52)(H2,44,46,58)/t26-,30+,31+,32+,33+,34+/m1/s1. The van der Waals surface area contributed by atoms with Crippen molar-refractivity contribution in [2.24, 2.45) is 10.9 Å². The number of urea groups is 1. The molecule has 3 N–H and O–H groups in total. The number of aliphatic imine (C=N–C) groups is 1. The zero-order chi connectivity index (χ0) is 43.5. The Morgan fingerprint density at radius 1 is 0.950 bits per heavy atom. The molecule has 2 saturated heterocycles. The van der Waals surface area contributed by atoms with E-state index in [0.717, 1.165) is 4.90 Å². The zero-order valence-electron chi connectivity index (χ0n) is 34.6. The van der Waals surface area contributed by atoms with Gasteiger partial charge in [-0.2, -0.15) is 0 Å². The lowest BCUT2D eigenvalue weighted by Crippen LogP contribution is -2.59. The molecule has 6 atom stereocenters. The van der Waals surface area contributed by atoms with Gasteiger partial charge in [0.05, 0.1) is 13.2 Å². The highest BCUT2D eigenvalue weighted by Crippen LogP contribution is 2.26. The maximum Gasteiger partial charge on any atom is 0.328 e. The van der Waals surface area contributed by atoms with Gasteiger partial charge in [-0.1, -0.05) is 55.5 Å². The molecule has 2 aromatic rings. The van der Waals surface area contributed by atoms with Crippen molar-refractivity contribution < 1.29 is 47.8 Å². The minimum absolute atomic E-state index is 0.0161. The van der Waals surface area contributed by atoms with Gasteiger partial charge in [0.25, 0.3) is 11.8 Å². The van der Waals surface area contributed by atoms with Gasteiger partial charge in [-0.25, -0.2) is 14.6 Å². The first-order valence-electron chi connectivity index (χ1n) is 20.0. The van der Waals surface area contributed by atoms with E-state index < -0.39 is 84.3 Å². The van der Waals surface area contributed by atoms with Crippen LogP contribution in [0.5, 0.6) is 0 Å². The molecule has 3 aliphatic heterocycles. The Labute approximate surface area is 349 Å². The molecule has 0 bridgehead atoms. The fourth-order valence-corrected chi connectivity index (χ4v) is 7.55. The molecular weight excluding hydrogens is 777 g/mol. The number of cyclic esters (lactones) is 1. The highest BCUT2D eigenvalue weighted by molar-refractivity contribution is 6.39. The zero-order valence-corrected chi connectivity index (χ0v) is 34.6. The summed E-state index contributed by atoms with van der Waals surface area (Å²) >= 11 is 0. The van der Waals surface area contributed by atoms with Crippen LogP contribution in [0.25, 0.3) is 0 Å². The van der Waals surface area contributed by atoms with Crippen LogP contribution in [0.4, 0.5) is 10.5 Å². The molecule has 18 heteroatoms. The minimum atomic E-state index is -1.52.